The first-order valence-electron chi connectivity index (χ1n) is 7.10. The standard InChI is InChI=1S/C15H18FN3S/c1-2-3-12-14(9-17-11-5-6-11)20-15(19-12)13-7-4-10(16)8-18-13/h4,7-8,11,17H,2-3,5-6,9H2,1H3. The zero-order valence-corrected chi connectivity index (χ0v) is 12.3. The van der Waals surface area contributed by atoms with Crippen LogP contribution in [0.5, 0.6) is 0 Å². The van der Waals surface area contributed by atoms with Gasteiger partial charge in [-0.15, -0.1) is 11.3 Å². The van der Waals surface area contributed by atoms with Crippen molar-refractivity contribution >= 4 is 11.3 Å². The molecule has 0 saturated heterocycles. The molecule has 2 heterocycles. The average molecular weight is 291 g/mol. The molecule has 1 fully saturated rings. The second-order valence-electron chi connectivity index (χ2n) is 5.16. The molecule has 3 nitrogen and oxygen atoms in total. The third-order valence-corrected chi connectivity index (χ3v) is 4.46. The average Bonchev–Trinajstić information content (AvgIpc) is 3.19. The fourth-order valence-electron chi connectivity index (χ4n) is 2.09. The van der Waals surface area contributed by atoms with Gasteiger partial charge in [0, 0.05) is 17.5 Å². The normalized spacial score (nSPS) is 14.7. The number of aromatic nitrogens is 2. The number of nitrogens with zero attached hydrogens (tertiary/aromatic N) is 2. The molecule has 2 aromatic heterocycles. The second-order valence-corrected chi connectivity index (χ2v) is 6.24. The lowest BCUT2D eigenvalue weighted by molar-refractivity contribution is 0.622. The first-order valence-corrected chi connectivity index (χ1v) is 7.92. The Bertz CT molecular complexity index is 575. The largest absolute Gasteiger partial charge is 0.309 e. The quantitative estimate of drug-likeness (QED) is 0.884. The van der Waals surface area contributed by atoms with Gasteiger partial charge in [-0.05, 0) is 31.4 Å². The van der Waals surface area contributed by atoms with Crippen molar-refractivity contribution < 1.29 is 4.39 Å². The number of nitrogens with one attached hydrogen (secondary N) is 1. The number of rotatable bonds is 6. The minimum Gasteiger partial charge on any atom is -0.309 e. The van der Waals surface area contributed by atoms with E-state index >= 15 is 0 Å². The molecule has 0 aliphatic heterocycles. The van der Waals surface area contributed by atoms with Gasteiger partial charge in [-0.25, -0.2) is 9.37 Å². The fourth-order valence-corrected chi connectivity index (χ4v) is 3.13. The summed E-state index contributed by atoms with van der Waals surface area (Å²) in [4.78, 5) is 10.1. The van der Waals surface area contributed by atoms with Crippen molar-refractivity contribution in [2.45, 2.75) is 45.2 Å². The molecule has 0 aromatic carbocycles. The molecule has 106 valence electrons. The van der Waals surface area contributed by atoms with Crippen LogP contribution in [0, 0.1) is 5.82 Å². The van der Waals surface area contributed by atoms with Gasteiger partial charge in [-0.2, -0.15) is 0 Å². The van der Waals surface area contributed by atoms with Gasteiger partial charge >= 0.3 is 0 Å². The summed E-state index contributed by atoms with van der Waals surface area (Å²) < 4.78 is 12.9. The lowest BCUT2D eigenvalue weighted by atomic mass is 10.2. The summed E-state index contributed by atoms with van der Waals surface area (Å²) in [5.74, 6) is -0.310. The highest BCUT2D eigenvalue weighted by molar-refractivity contribution is 7.15. The van der Waals surface area contributed by atoms with Gasteiger partial charge in [-0.3, -0.25) is 4.98 Å². The number of halogens is 1. The van der Waals surface area contributed by atoms with E-state index < -0.39 is 0 Å². The predicted molar refractivity (Wildman–Crippen MR) is 79.2 cm³/mol. The van der Waals surface area contributed by atoms with Gasteiger partial charge in [0.2, 0.25) is 0 Å². The van der Waals surface area contributed by atoms with Crippen LogP contribution in [-0.2, 0) is 13.0 Å². The van der Waals surface area contributed by atoms with E-state index in [1.807, 2.05) is 0 Å². The Hall–Kier alpha value is -1.33. The summed E-state index contributed by atoms with van der Waals surface area (Å²) in [5, 5.41) is 4.43. The van der Waals surface area contributed by atoms with E-state index in [9.17, 15) is 4.39 Å². The summed E-state index contributed by atoms with van der Waals surface area (Å²) in [6.45, 7) is 3.05. The van der Waals surface area contributed by atoms with Gasteiger partial charge in [0.05, 0.1) is 17.6 Å². The molecule has 20 heavy (non-hydrogen) atoms. The van der Waals surface area contributed by atoms with Crippen LogP contribution in [0.25, 0.3) is 10.7 Å². The van der Waals surface area contributed by atoms with E-state index in [0.717, 1.165) is 35.8 Å². The predicted octanol–water partition coefficient (Wildman–Crippen LogP) is 3.55. The van der Waals surface area contributed by atoms with E-state index in [0.29, 0.717) is 6.04 Å². The molecule has 1 aliphatic carbocycles. The van der Waals surface area contributed by atoms with E-state index in [-0.39, 0.29) is 5.82 Å². The molecule has 0 unspecified atom stereocenters. The van der Waals surface area contributed by atoms with Crippen LogP contribution < -0.4 is 5.32 Å². The summed E-state index contributed by atoms with van der Waals surface area (Å²) >= 11 is 1.67. The molecular weight excluding hydrogens is 273 g/mol. The van der Waals surface area contributed by atoms with Gasteiger partial charge in [0.1, 0.15) is 10.8 Å². The minimum atomic E-state index is -0.310. The van der Waals surface area contributed by atoms with Crippen molar-refractivity contribution in [1.82, 2.24) is 15.3 Å². The number of aryl methyl sites for hydroxylation is 1. The van der Waals surface area contributed by atoms with Crippen LogP contribution in [0.2, 0.25) is 0 Å². The van der Waals surface area contributed by atoms with Crippen molar-refractivity contribution in [3.63, 3.8) is 0 Å². The lowest BCUT2D eigenvalue weighted by Crippen LogP contribution is -2.15. The Morgan fingerprint density at radius 2 is 2.25 bits per heavy atom. The van der Waals surface area contributed by atoms with E-state index in [2.05, 4.69) is 17.2 Å². The minimum absolute atomic E-state index is 0.310. The summed E-state index contributed by atoms with van der Waals surface area (Å²) in [6, 6.07) is 3.83. The maximum absolute atomic E-state index is 12.9. The zero-order valence-electron chi connectivity index (χ0n) is 11.5. The second kappa shape index (κ2) is 5.97. The Balaban J connectivity index is 1.82. The Kier molecular flexibility index (Phi) is 4.08. The maximum atomic E-state index is 12.9. The first-order chi connectivity index (χ1) is 9.76. The van der Waals surface area contributed by atoms with Gasteiger partial charge in [-0.1, -0.05) is 13.3 Å². The van der Waals surface area contributed by atoms with Crippen LogP contribution in [-0.4, -0.2) is 16.0 Å². The summed E-state index contributed by atoms with van der Waals surface area (Å²) in [5.41, 5.74) is 1.92. The zero-order chi connectivity index (χ0) is 13.9. The number of pyridine rings is 1. The monoisotopic (exact) mass is 291 g/mol. The lowest BCUT2D eigenvalue weighted by Gasteiger charge is -2.01. The Morgan fingerprint density at radius 3 is 2.90 bits per heavy atom. The van der Waals surface area contributed by atoms with Crippen LogP contribution in [0.4, 0.5) is 4.39 Å². The molecule has 3 rings (SSSR count). The first kappa shape index (κ1) is 13.6. The number of hydrogen-bond acceptors (Lipinski definition) is 4. The molecule has 0 amide bonds. The molecule has 0 atom stereocenters. The fraction of sp³-hybridized carbons (Fsp3) is 0.467. The van der Waals surface area contributed by atoms with Gasteiger partial charge < -0.3 is 5.32 Å². The van der Waals surface area contributed by atoms with Gasteiger partial charge in [0.15, 0.2) is 0 Å². The highest BCUT2D eigenvalue weighted by Gasteiger charge is 2.21. The summed E-state index contributed by atoms with van der Waals surface area (Å²) in [6.07, 6.45) is 5.89. The van der Waals surface area contributed by atoms with Crippen molar-refractivity contribution in [2.75, 3.05) is 0 Å². The van der Waals surface area contributed by atoms with Crippen molar-refractivity contribution in [3.8, 4) is 10.7 Å². The van der Waals surface area contributed by atoms with Crippen LogP contribution in [0.3, 0.4) is 0 Å². The van der Waals surface area contributed by atoms with E-state index in [1.165, 1.54) is 30.0 Å². The highest BCUT2D eigenvalue weighted by Crippen LogP contribution is 2.29. The summed E-state index contributed by atoms with van der Waals surface area (Å²) in [7, 11) is 0. The van der Waals surface area contributed by atoms with Crippen molar-refractivity contribution in [3.05, 3.63) is 34.7 Å². The smallest absolute Gasteiger partial charge is 0.142 e. The van der Waals surface area contributed by atoms with Crippen LogP contribution in [0.1, 0.15) is 36.8 Å². The third-order valence-electron chi connectivity index (χ3n) is 3.34. The molecule has 1 saturated carbocycles. The molecule has 5 heteroatoms. The Morgan fingerprint density at radius 1 is 1.40 bits per heavy atom. The molecule has 1 N–H and O–H groups in total. The molecule has 0 spiro atoms. The van der Waals surface area contributed by atoms with E-state index in [4.69, 9.17) is 4.98 Å². The molecular formula is C15H18FN3S. The SMILES string of the molecule is CCCc1nc(-c2ccc(F)cn2)sc1CNC1CC1. The number of hydrogen-bond donors (Lipinski definition) is 1. The van der Waals surface area contributed by atoms with Crippen molar-refractivity contribution in [2.24, 2.45) is 0 Å². The molecule has 0 radical (unpaired) electrons. The van der Waals surface area contributed by atoms with Crippen molar-refractivity contribution in [1.29, 1.82) is 0 Å². The maximum Gasteiger partial charge on any atom is 0.142 e. The third kappa shape index (κ3) is 3.22. The number of thiazole rings is 1. The van der Waals surface area contributed by atoms with Crippen LogP contribution in [0.15, 0.2) is 18.3 Å². The molecule has 1 aliphatic rings. The topological polar surface area (TPSA) is 37.8 Å². The van der Waals surface area contributed by atoms with Gasteiger partial charge in [0.25, 0.3) is 0 Å². The molecule has 0 bridgehead atoms. The van der Waals surface area contributed by atoms with Crippen LogP contribution >= 0.6 is 11.3 Å². The highest BCUT2D eigenvalue weighted by atomic mass is 32.1. The van der Waals surface area contributed by atoms with E-state index in [1.54, 1.807) is 17.4 Å². The molecule has 2 aromatic rings. The Labute approximate surface area is 122 Å².